The Morgan fingerprint density at radius 1 is 0.600 bits per heavy atom. The number of allylic oxidation sites excluding steroid dienone is 6. The van der Waals surface area contributed by atoms with Crippen LogP contribution in [0.1, 0.15) is 24.0 Å². The Morgan fingerprint density at radius 2 is 1.20 bits per heavy atom. The van der Waals surface area contributed by atoms with Crippen LogP contribution in [-0.4, -0.2) is 0 Å². The number of benzene rings is 3. The van der Waals surface area contributed by atoms with Crippen molar-refractivity contribution in [1.82, 2.24) is 0 Å². The van der Waals surface area contributed by atoms with Gasteiger partial charge in [-0.3, -0.25) is 0 Å². The Balaban J connectivity index is 1.55. The fourth-order valence-corrected chi connectivity index (χ4v) is 3.58. The molecule has 0 unspecified atom stereocenters. The lowest BCUT2D eigenvalue weighted by molar-refractivity contribution is -0.137. The van der Waals surface area contributed by atoms with E-state index in [9.17, 15) is 13.2 Å². The minimum absolute atomic E-state index is 0.560. The van der Waals surface area contributed by atoms with Crippen LogP contribution >= 0.6 is 0 Å². The van der Waals surface area contributed by atoms with Crippen molar-refractivity contribution in [2.45, 2.75) is 19.0 Å². The second-order valence-corrected chi connectivity index (χ2v) is 7.28. The van der Waals surface area contributed by atoms with Gasteiger partial charge in [-0.05, 0) is 58.4 Å². The van der Waals surface area contributed by atoms with Gasteiger partial charge in [-0.25, -0.2) is 0 Å². The molecule has 0 radical (unpaired) electrons. The molecule has 4 rings (SSSR count). The molecule has 30 heavy (non-hydrogen) atoms. The van der Waals surface area contributed by atoms with E-state index >= 15 is 0 Å². The SMILES string of the molecule is FC(F)(F)c1cccc(-c2ccc(-c3ccc(/C4=C/C=C\C=C/CC4)cc3)cc2)c1. The fourth-order valence-electron chi connectivity index (χ4n) is 3.58. The topological polar surface area (TPSA) is 0 Å². The largest absolute Gasteiger partial charge is 0.416 e. The minimum atomic E-state index is -4.34. The quantitative estimate of drug-likeness (QED) is 0.413. The Kier molecular flexibility index (Phi) is 5.71. The van der Waals surface area contributed by atoms with E-state index in [0.29, 0.717) is 5.56 Å². The monoisotopic (exact) mass is 402 g/mol. The van der Waals surface area contributed by atoms with Crippen LogP contribution in [-0.2, 0) is 6.18 Å². The average molecular weight is 402 g/mol. The van der Waals surface area contributed by atoms with E-state index in [1.165, 1.54) is 23.3 Å². The Bertz CT molecular complexity index is 1100. The first-order chi connectivity index (χ1) is 14.5. The molecule has 0 aliphatic heterocycles. The van der Waals surface area contributed by atoms with Gasteiger partial charge in [0.05, 0.1) is 5.56 Å². The number of hydrogen-bond acceptors (Lipinski definition) is 0. The Labute approximate surface area is 174 Å². The molecule has 3 heteroatoms. The summed E-state index contributed by atoms with van der Waals surface area (Å²) in [6.45, 7) is 0. The molecule has 150 valence electrons. The highest BCUT2D eigenvalue weighted by molar-refractivity contribution is 5.74. The van der Waals surface area contributed by atoms with Gasteiger partial charge in [-0.1, -0.05) is 91.0 Å². The first-order valence-corrected chi connectivity index (χ1v) is 9.91. The highest BCUT2D eigenvalue weighted by Crippen LogP contribution is 2.33. The molecular formula is C27H21F3. The lowest BCUT2D eigenvalue weighted by Crippen LogP contribution is -2.04. The van der Waals surface area contributed by atoms with Crippen LogP contribution in [0.4, 0.5) is 13.2 Å². The van der Waals surface area contributed by atoms with Gasteiger partial charge >= 0.3 is 6.18 Å². The highest BCUT2D eigenvalue weighted by Gasteiger charge is 2.30. The molecule has 1 aliphatic carbocycles. The second kappa shape index (κ2) is 8.58. The molecule has 0 fully saturated rings. The maximum absolute atomic E-state index is 13.0. The molecule has 0 spiro atoms. The number of halogens is 3. The van der Waals surface area contributed by atoms with Gasteiger partial charge in [0.25, 0.3) is 0 Å². The molecule has 0 heterocycles. The lowest BCUT2D eigenvalue weighted by Gasteiger charge is -2.10. The molecular weight excluding hydrogens is 381 g/mol. The lowest BCUT2D eigenvalue weighted by atomic mass is 9.95. The van der Waals surface area contributed by atoms with Gasteiger partial charge in [0.15, 0.2) is 0 Å². The zero-order valence-corrected chi connectivity index (χ0v) is 16.4. The smallest absolute Gasteiger partial charge is 0.166 e. The van der Waals surface area contributed by atoms with Crippen LogP contribution in [0.15, 0.2) is 103 Å². The Hall–Kier alpha value is -3.33. The van der Waals surface area contributed by atoms with Crippen LogP contribution < -0.4 is 0 Å². The molecule has 0 saturated heterocycles. The van der Waals surface area contributed by atoms with Crippen LogP contribution in [0.3, 0.4) is 0 Å². The first-order valence-electron chi connectivity index (χ1n) is 9.91. The zero-order chi connectivity index (χ0) is 21.0. The molecule has 0 atom stereocenters. The van der Waals surface area contributed by atoms with Gasteiger partial charge in [0.1, 0.15) is 0 Å². The third-order valence-electron chi connectivity index (χ3n) is 5.23. The molecule has 1 aliphatic rings. The van der Waals surface area contributed by atoms with Crippen molar-refractivity contribution in [3.8, 4) is 22.3 Å². The summed E-state index contributed by atoms with van der Waals surface area (Å²) >= 11 is 0. The van der Waals surface area contributed by atoms with E-state index in [0.717, 1.165) is 35.6 Å². The van der Waals surface area contributed by atoms with E-state index < -0.39 is 11.7 Å². The van der Waals surface area contributed by atoms with Crippen LogP contribution in [0, 0.1) is 0 Å². The van der Waals surface area contributed by atoms with Crippen molar-refractivity contribution in [2.75, 3.05) is 0 Å². The predicted molar refractivity (Wildman–Crippen MR) is 118 cm³/mol. The predicted octanol–water partition coefficient (Wildman–Crippen LogP) is 8.33. The molecule has 3 aromatic carbocycles. The maximum atomic E-state index is 13.0. The highest BCUT2D eigenvalue weighted by atomic mass is 19.4. The van der Waals surface area contributed by atoms with Crippen LogP contribution in [0.25, 0.3) is 27.8 Å². The molecule has 0 bridgehead atoms. The third kappa shape index (κ3) is 4.62. The normalized spacial score (nSPS) is 18.0. The van der Waals surface area contributed by atoms with Gasteiger partial charge < -0.3 is 0 Å². The van der Waals surface area contributed by atoms with Crippen molar-refractivity contribution in [3.05, 3.63) is 114 Å². The molecule has 0 N–H and O–H groups in total. The zero-order valence-electron chi connectivity index (χ0n) is 16.4. The van der Waals surface area contributed by atoms with E-state index in [-0.39, 0.29) is 0 Å². The van der Waals surface area contributed by atoms with Gasteiger partial charge in [0.2, 0.25) is 0 Å². The summed E-state index contributed by atoms with van der Waals surface area (Å²) in [5, 5.41) is 0. The summed E-state index contributed by atoms with van der Waals surface area (Å²) in [5.74, 6) is 0. The maximum Gasteiger partial charge on any atom is 0.416 e. The summed E-state index contributed by atoms with van der Waals surface area (Å²) in [5.41, 5.74) is 5.32. The second-order valence-electron chi connectivity index (χ2n) is 7.28. The summed E-state index contributed by atoms with van der Waals surface area (Å²) in [6, 6.07) is 21.5. The summed E-state index contributed by atoms with van der Waals surface area (Å²) in [7, 11) is 0. The van der Waals surface area contributed by atoms with E-state index in [4.69, 9.17) is 0 Å². The van der Waals surface area contributed by atoms with Crippen molar-refractivity contribution in [1.29, 1.82) is 0 Å². The molecule has 0 nitrogen and oxygen atoms in total. The standard InChI is InChI=1S/C27H21F3/c28-27(29,30)26-10-6-9-25(19-26)24-17-15-23(16-18-24)22-13-11-21(12-14-22)20-7-4-2-1-3-5-8-20/h1-4,6-7,9-19H,5,8H2/b3-1-,4-2-,20-7+. The van der Waals surface area contributed by atoms with Gasteiger partial charge in [-0.2, -0.15) is 13.2 Å². The van der Waals surface area contributed by atoms with Crippen molar-refractivity contribution in [2.24, 2.45) is 0 Å². The Morgan fingerprint density at radius 3 is 1.83 bits per heavy atom. The molecule has 0 aromatic heterocycles. The number of hydrogen-bond donors (Lipinski definition) is 0. The number of rotatable bonds is 3. The molecule has 0 amide bonds. The summed E-state index contributed by atoms with van der Waals surface area (Å²) in [4.78, 5) is 0. The molecule has 3 aromatic rings. The van der Waals surface area contributed by atoms with Crippen LogP contribution in [0.2, 0.25) is 0 Å². The molecule has 0 saturated carbocycles. The third-order valence-corrected chi connectivity index (χ3v) is 5.23. The van der Waals surface area contributed by atoms with Crippen LogP contribution in [0.5, 0.6) is 0 Å². The van der Waals surface area contributed by atoms with Gasteiger partial charge in [0, 0.05) is 0 Å². The van der Waals surface area contributed by atoms with Crippen molar-refractivity contribution < 1.29 is 13.2 Å². The van der Waals surface area contributed by atoms with Crippen molar-refractivity contribution >= 4 is 5.57 Å². The fraction of sp³-hybridized carbons (Fsp3) is 0.111. The van der Waals surface area contributed by atoms with Crippen molar-refractivity contribution in [3.63, 3.8) is 0 Å². The van der Waals surface area contributed by atoms with Gasteiger partial charge in [-0.15, -0.1) is 0 Å². The summed E-state index contributed by atoms with van der Waals surface area (Å²) in [6.07, 6.45) is 8.19. The van der Waals surface area contributed by atoms with E-state index in [1.54, 1.807) is 6.07 Å². The number of alkyl halides is 3. The minimum Gasteiger partial charge on any atom is -0.166 e. The average Bonchev–Trinajstić information content (AvgIpc) is 2.73. The van der Waals surface area contributed by atoms with E-state index in [2.05, 4.69) is 48.6 Å². The first kappa shape index (κ1) is 20.0. The van der Waals surface area contributed by atoms with E-state index in [1.807, 2.05) is 30.3 Å². The summed E-state index contributed by atoms with van der Waals surface area (Å²) < 4.78 is 38.9.